The average molecular weight is 370 g/mol. The molecule has 0 amide bonds. The van der Waals surface area contributed by atoms with Crippen LogP contribution >= 0.6 is 12.2 Å². The first-order chi connectivity index (χ1) is 12.6. The van der Waals surface area contributed by atoms with Gasteiger partial charge in [0.25, 0.3) is 0 Å². The van der Waals surface area contributed by atoms with E-state index in [0.29, 0.717) is 18.1 Å². The molecule has 4 nitrogen and oxygen atoms in total. The van der Waals surface area contributed by atoms with Gasteiger partial charge in [-0.05, 0) is 75.5 Å². The van der Waals surface area contributed by atoms with Crippen LogP contribution < -0.4 is 10.6 Å². The third kappa shape index (κ3) is 3.79. The number of piperidine rings is 1. The lowest BCUT2D eigenvalue weighted by Gasteiger charge is -2.39. The van der Waals surface area contributed by atoms with Crippen molar-refractivity contribution < 1.29 is 4.42 Å². The molecular formula is C21H27N3OS. The van der Waals surface area contributed by atoms with Gasteiger partial charge in [-0.15, -0.1) is 0 Å². The standard InChI is InChI=1S/C21H27N3OS/c1-14-5-8-20(15(2)10-14)23-21(26)22-16-11-17-6-7-18(12-16)24(17)13-19-4-3-9-25-19/h3-5,8-10,16-18H,6-7,11-13H2,1-2H3,(H2,22,23,26)/t16?,17-,18+. The number of benzene rings is 1. The molecule has 0 spiro atoms. The van der Waals surface area contributed by atoms with E-state index in [2.05, 4.69) is 53.6 Å². The van der Waals surface area contributed by atoms with Crippen molar-refractivity contribution in [1.82, 2.24) is 10.2 Å². The van der Waals surface area contributed by atoms with Gasteiger partial charge in [-0.3, -0.25) is 4.90 Å². The highest BCUT2D eigenvalue weighted by Crippen LogP contribution is 2.37. The topological polar surface area (TPSA) is 40.4 Å². The fourth-order valence-corrected chi connectivity index (χ4v) is 4.81. The normalized spacial score (nSPS) is 25.2. The van der Waals surface area contributed by atoms with Crippen LogP contribution in [-0.2, 0) is 6.54 Å². The van der Waals surface area contributed by atoms with Gasteiger partial charge in [0.05, 0.1) is 12.8 Å². The van der Waals surface area contributed by atoms with Gasteiger partial charge >= 0.3 is 0 Å². The van der Waals surface area contributed by atoms with Crippen LogP contribution in [0.5, 0.6) is 0 Å². The quantitative estimate of drug-likeness (QED) is 0.783. The summed E-state index contributed by atoms with van der Waals surface area (Å²) in [4.78, 5) is 2.62. The smallest absolute Gasteiger partial charge is 0.171 e. The molecule has 2 aliphatic rings. The zero-order valence-corrected chi connectivity index (χ0v) is 16.3. The molecule has 0 aliphatic carbocycles. The van der Waals surface area contributed by atoms with Crippen molar-refractivity contribution in [3.05, 3.63) is 53.5 Å². The highest BCUT2D eigenvalue weighted by Gasteiger charge is 2.41. The molecule has 3 heterocycles. The number of thiocarbonyl (C=S) groups is 1. The van der Waals surface area contributed by atoms with E-state index in [1.807, 2.05) is 6.07 Å². The second-order valence-electron chi connectivity index (χ2n) is 7.72. The number of nitrogens with zero attached hydrogens (tertiary/aromatic N) is 1. The number of aryl methyl sites for hydroxylation is 2. The summed E-state index contributed by atoms with van der Waals surface area (Å²) in [5, 5.41) is 7.67. The molecule has 1 aromatic heterocycles. The number of hydrogen-bond acceptors (Lipinski definition) is 3. The zero-order chi connectivity index (χ0) is 18.1. The Kier molecular flexibility index (Phi) is 5.00. The molecule has 2 N–H and O–H groups in total. The molecule has 3 atom stereocenters. The van der Waals surface area contributed by atoms with Crippen LogP contribution in [-0.4, -0.2) is 28.1 Å². The van der Waals surface area contributed by atoms with Gasteiger partial charge in [0.15, 0.2) is 5.11 Å². The van der Waals surface area contributed by atoms with Crippen LogP contribution in [0.1, 0.15) is 42.6 Å². The van der Waals surface area contributed by atoms with E-state index in [1.165, 1.54) is 24.0 Å². The van der Waals surface area contributed by atoms with E-state index in [-0.39, 0.29) is 0 Å². The van der Waals surface area contributed by atoms with Crippen LogP contribution in [0, 0.1) is 13.8 Å². The first kappa shape index (κ1) is 17.6. The minimum atomic E-state index is 0.450. The summed E-state index contributed by atoms with van der Waals surface area (Å²) in [6.07, 6.45) is 6.61. The van der Waals surface area contributed by atoms with Crippen molar-refractivity contribution in [2.75, 3.05) is 5.32 Å². The summed E-state index contributed by atoms with van der Waals surface area (Å²) in [7, 11) is 0. The highest BCUT2D eigenvalue weighted by molar-refractivity contribution is 7.80. The van der Waals surface area contributed by atoms with Gasteiger partial charge < -0.3 is 15.1 Å². The predicted molar refractivity (Wildman–Crippen MR) is 109 cm³/mol. The fourth-order valence-electron chi connectivity index (χ4n) is 4.53. The number of nitrogens with one attached hydrogen (secondary N) is 2. The molecule has 5 heteroatoms. The van der Waals surface area contributed by atoms with Crippen molar-refractivity contribution in [2.45, 2.75) is 64.2 Å². The van der Waals surface area contributed by atoms with E-state index in [9.17, 15) is 0 Å². The summed E-state index contributed by atoms with van der Waals surface area (Å²) in [6.45, 7) is 5.16. The Labute approximate surface area is 161 Å². The Hall–Kier alpha value is -1.85. The van der Waals surface area contributed by atoms with Crippen molar-refractivity contribution in [2.24, 2.45) is 0 Å². The van der Waals surface area contributed by atoms with Gasteiger partial charge in [-0.2, -0.15) is 0 Å². The first-order valence-corrected chi connectivity index (χ1v) is 9.92. The molecule has 1 unspecified atom stereocenters. The van der Waals surface area contributed by atoms with Gasteiger partial charge in [0.1, 0.15) is 5.76 Å². The lowest BCUT2D eigenvalue weighted by molar-refractivity contribution is 0.106. The summed E-state index contributed by atoms with van der Waals surface area (Å²) in [6, 6.07) is 12.2. The molecule has 26 heavy (non-hydrogen) atoms. The molecule has 2 aliphatic heterocycles. The number of rotatable bonds is 4. The Bertz CT molecular complexity index is 760. The van der Waals surface area contributed by atoms with Gasteiger partial charge in [-0.25, -0.2) is 0 Å². The van der Waals surface area contributed by atoms with Crippen LogP contribution in [0.4, 0.5) is 5.69 Å². The summed E-state index contributed by atoms with van der Waals surface area (Å²) < 4.78 is 5.55. The molecule has 138 valence electrons. The van der Waals surface area contributed by atoms with Crippen LogP contribution in [0.15, 0.2) is 41.0 Å². The number of fused-ring (bicyclic) bond motifs is 2. The number of furan rings is 1. The molecule has 2 fully saturated rings. The average Bonchev–Trinajstić information content (AvgIpc) is 3.18. The summed E-state index contributed by atoms with van der Waals surface area (Å²) in [5.74, 6) is 1.07. The van der Waals surface area contributed by atoms with E-state index in [0.717, 1.165) is 35.9 Å². The van der Waals surface area contributed by atoms with Gasteiger partial charge in [0.2, 0.25) is 0 Å². The SMILES string of the molecule is Cc1ccc(NC(=S)NC2C[C@H]3CC[C@@H](C2)N3Cc2ccco2)c(C)c1. The molecule has 0 radical (unpaired) electrons. The second kappa shape index (κ2) is 7.41. The van der Waals surface area contributed by atoms with Gasteiger partial charge in [-0.1, -0.05) is 17.7 Å². The van der Waals surface area contributed by atoms with Crippen molar-refractivity contribution in [3.8, 4) is 0 Å². The maximum Gasteiger partial charge on any atom is 0.171 e. The van der Waals surface area contributed by atoms with Crippen molar-refractivity contribution >= 4 is 23.0 Å². The van der Waals surface area contributed by atoms with Crippen LogP contribution in [0.25, 0.3) is 0 Å². The third-order valence-corrected chi connectivity index (χ3v) is 5.99. The van der Waals surface area contributed by atoms with Crippen LogP contribution in [0.3, 0.4) is 0 Å². The molecule has 2 aromatic rings. The minimum Gasteiger partial charge on any atom is -0.468 e. The molecule has 2 saturated heterocycles. The molecule has 2 bridgehead atoms. The van der Waals surface area contributed by atoms with E-state index >= 15 is 0 Å². The minimum absolute atomic E-state index is 0.450. The predicted octanol–water partition coefficient (Wildman–Crippen LogP) is 4.38. The van der Waals surface area contributed by atoms with Crippen LogP contribution in [0.2, 0.25) is 0 Å². The highest BCUT2D eigenvalue weighted by atomic mass is 32.1. The molecular weight excluding hydrogens is 342 g/mol. The lowest BCUT2D eigenvalue weighted by atomic mass is 9.97. The summed E-state index contributed by atoms with van der Waals surface area (Å²) >= 11 is 5.58. The zero-order valence-electron chi connectivity index (χ0n) is 15.5. The van der Waals surface area contributed by atoms with Gasteiger partial charge in [0, 0.05) is 23.8 Å². The van der Waals surface area contributed by atoms with Crippen molar-refractivity contribution in [1.29, 1.82) is 0 Å². The maximum atomic E-state index is 5.58. The third-order valence-electron chi connectivity index (χ3n) is 5.77. The van der Waals surface area contributed by atoms with E-state index in [1.54, 1.807) is 6.26 Å². The number of hydrogen-bond donors (Lipinski definition) is 2. The largest absolute Gasteiger partial charge is 0.468 e. The fraction of sp³-hybridized carbons (Fsp3) is 0.476. The maximum absolute atomic E-state index is 5.58. The second-order valence-corrected chi connectivity index (χ2v) is 8.13. The Morgan fingerprint density at radius 1 is 1.19 bits per heavy atom. The molecule has 1 aromatic carbocycles. The Morgan fingerprint density at radius 3 is 2.62 bits per heavy atom. The lowest BCUT2D eigenvalue weighted by Crippen LogP contribution is -2.50. The monoisotopic (exact) mass is 369 g/mol. The Balaban J connectivity index is 1.33. The van der Waals surface area contributed by atoms with Crippen molar-refractivity contribution in [3.63, 3.8) is 0 Å². The number of anilines is 1. The Morgan fingerprint density at radius 2 is 1.96 bits per heavy atom. The summed E-state index contributed by atoms with van der Waals surface area (Å²) in [5.41, 5.74) is 3.58. The first-order valence-electron chi connectivity index (χ1n) is 9.51. The molecule has 4 rings (SSSR count). The van der Waals surface area contributed by atoms with E-state index in [4.69, 9.17) is 16.6 Å². The van der Waals surface area contributed by atoms with E-state index < -0.39 is 0 Å². The molecule has 0 saturated carbocycles.